The number of nitrogens with zero attached hydrogens (tertiary/aromatic N) is 2. The number of rotatable bonds is 5. The number of H-pyrrole nitrogens is 1. The van der Waals surface area contributed by atoms with Crippen LogP contribution in [0, 0.1) is 0 Å². The Morgan fingerprint density at radius 3 is 2.74 bits per heavy atom. The third kappa shape index (κ3) is 2.77. The number of sulfonamides is 1. The second kappa shape index (κ2) is 5.41. The highest BCUT2D eigenvalue weighted by Crippen LogP contribution is 2.21. The highest BCUT2D eigenvalue weighted by Gasteiger charge is 2.22. The number of benzene rings is 1. The predicted octanol–water partition coefficient (Wildman–Crippen LogP) is 1.24. The van der Waals surface area contributed by atoms with Crippen LogP contribution in [0.3, 0.4) is 0 Å². The molecule has 0 aliphatic carbocycles. The molecule has 1 aromatic heterocycles. The van der Waals surface area contributed by atoms with Gasteiger partial charge in [0.25, 0.3) is 0 Å². The number of methoxy groups -OCH3 is 1. The van der Waals surface area contributed by atoms with E-state index in [0.717, 1.165) is 5.56 Å². The zero-order chi connectivity index (χ0) is 13.9. The Balaban J connectivity index is 2.24. The van der Waals surface area contributed by atoms with E-state index >= 15 is 0 Å². The van der Waals surface area contributed by atoms with Crippen LogP contribution >= 0.6 is 0 Å². The summed E-state index contributed by atoms with van der Waals surface area (Å²) in [5.74, 6) is 0.664. The normalized spacial score (nSPS) is 11.7. The van der Waals surface area contributed by atoms with Crippen LogP contribution in [0.1, 0.15) is 5.56 Å². The molecule has 0 atom stereocenters. The van der Waals surface area contributed by atoms with Crippen LogP contribution in [-0.2, 0) is 16.6 Å². The minimum atomic E-state index is -3.53. The number of aromatic amines is 1. The van der Waals surface area contributed by atoms with Gasteiger partial charge in [-0.15, -0.1) is 0 Å². The maximum atomic E-state index is 12.2. The van der Waals surface area contributed by atoms with Gasteiger partial charge in [-0.05, 0) is 6.07 Å². The van der Waals surface area contributed by atoms with E-state index in [0.29, 0.717) is 5.75 Å². The Kier molecular flexibility index (Phi) is 3.87. The van der Waals surface area contributed by atoms with Gasteiger partial charge in [0.1, 0.15) is 10.6 Å². The zero-order valence-corrected chi connectivity index (χ0v) is 11.5. The number of nitrogens with one attached hydrogen (secondary N) is 1. The lowest BCUT2D eigenvalue weighted by molar-refractivity contribution is 0.398. The third-order valence-electron chi connectivity index (χ3n) is 2.77. The fourth-order valence-corrected chi connectivity index (χ4v) is 2.77. The molecular weight excluding hydrogens is 266 g/mol. The third-order valence-corrected chi connectivity index (χ3v) is 4.54. The number of hydrogen-bond acceptors (Lipinski definition) is 4. The molecule has 0 saturated heterocycles. The maximum absolute atomic E-state index is 12.2. The first kappa shape index (κ1) is 13.6. The summed E-state index contributed by atoms with van der Waals surface area (Å²) >= 11 is 0. The van der Waals surface area contributed by atoms with Crippen molar-refractivity contribution in [1.29, 1.82) is 0 Å². The second-order valence-electron chi connectivity index (χ2n) is 4.01. The van der Waals surface area contributed by atoms with E-state index in [-0.39, 0.29) is 11.4 Å². The van der Waals surface area contributed by atoms with Gasteiger partial charge in [-0.25, -0.2) is 8.42 Å². The highest BCUT2D eigenvalue weighted by molar-refractivity contribution is 7.89. The van der Waals surface area contributed by atoms with E-state index in [1.807, 2.05) is 18.2 Å². The van der Waals surface area contributed by atoms with Crippen molar-refractivity contribution < 1.29 is 13.2 Å². The molecule has 2 aromatic rings. The molecule has 1 N–H and O–H groups in total. The molecule has 0 bridgehead atoms. The van der Waals surface area contributed by atoms with Crippen molar-refractivity contribution in [3.63, 3.8) is 0 Å². The second-order valence-corrected chi connectivity index (χ2v) is 6.05. The fraction of sp³-hybridized carbons (Fsp3) is 0.250. The first-order valence-corrected chi connectivity index (χ1v) is 7.06. The summed E-state index contributed by atoms with van der Waals surface area (Å²) in [4.78, 5) is 0.143. The van der Waals surface area contributed by atoms with Gasteiger partial charge in [0.2, 0.25) is 10.0 Å². The molecule has 0 radical (unpaired) electrons. The molecule has 0 amide bonds. The van der Waals surface area contributed by atoms with E-state index in [4.69, 9.17) is 4.74 Å². The minimum Gasteiger partial charge on any atom is -0.496 e. The number of ether oxygens (including phenoxy) is 1. The van der Waals surface area contributed by atoms with Gasteiger partial charge in [-0.2, -0.15) is 9.40 Å². The molecule has 0 saturated carbocycles. The van der Waals surface area contributed by atoms with Gasteiger partial charge in [0.15, 0.2) is 0 Å². The van der Waals surface area contributed by atoms with Gasteiger partial charge < -0.3 is 4.74 Å². The monoisotopic (exact) mass is 281 g/mol. The molecule has 0 fully saturated rings. The Morgan fingerprint density at radius 2 is 2.11 bits per heavy atom. The van der Waals surface area contributed by atoms with Crippen molar-refractivity contribution in [3.8, 4) is 5.75 Å². The van der Waals surface area contributed by atoms with Crippen LogP contribution in [-0.4, -0.2) is 37.1 Å². The van der Waals surface area contributed by atoms with E-state index < -0.39 is 10.0 Å². The largest absolute Gasteiger partial charge is 0.496 e. The van der Waals surface area contributed by atoms with Crippen LogP contribution in [0.5, 0.6) is 5.75 Å². The molecule has 0 aliphatic rings. The average Bonchev–Trinajstić information content (AvgIpc) is 2.93. The van der Waals surface area contributed by atoms with Crippen LogP contribution < -0.4 is 4.74 Å². The van der Waals surface area contributed by atoms with Gasteiger partial charge in [0.05, 0.1) is 13.3 Å². The highest BCUT2D eigenvalue weighted by atomic mass is 32.2. The molecule has 1 heterocycles. The van der Waals surface area contributed by atoms with Crippen LogP contribution in [0.15, 0.2) is 41.6 Å². The SMILES string of the molecule is COc1ccccc1CN(C)S(=O)(=O)c1cn[nH]c1. The van der Waals surface area contributed by atoms with Gasteiger partial charge >= 0.3 is 0 Å². The van der Waals surface area contributed by atoms with Crippen molar-refractivity contribution in [3.05, 3.63) is 42.2 Å². The molecule has 6 nitrogen and oxygen atoms in total. The van der Waals surface area contributed by atoms with E-state index in [1.54, 1.807) is 13.2 Å². The molecule has 1 aromatic carbocycles. The summed E-state index contributed by atoms with van der Waals surface area (Å²) in [6.07, 6.45) is 2.64. The van der Waals surface area contributed by atoms with Gasteiger partial charge in [-0.1, -0.05) is 18.2 Å². The average molecular weight is 281 g/mol. The van der Waals surface area contributed by atoms with Crippen molar-refractivity contribution in [2.45, 2.75) is 11.4 Å². The summed E-state index contributed by atoms with van der Waals surface area (Å²) < 4.78 is 30.9. The number of para-hydroxylation sites is 1. The Bertz CT molecular complexity index is 638. The van der Waals surface area contributed by atoms with Crippen molar-refractivity contribution in [1.82, 2.24) is 14.5 Å². The van der Waals surface area contributed by atoms with Crippen LogP contribution in [0.4, 0.5) is 0 Å². The molecule has 102 valence electrons. The van der Waals surface area contributed by atoms with E-state index in [1.165, 1.54) is 23.7 Å². The molecular formula is C12H15N3O3S. The lowest BCUT2D eigenvalue weighted by atomic mass is 10.2. The molecule has 7 heteroatoms. The quantitative estimate of drug-likeness (QED) is 0.894. The van der Waals surface area contributed by atoms with Crippen molar-refractivity contribution >= 4 is 10.0 Å². The van der Waals surface area contributed by atoms with Gasteiger partial charge in [0, 0.05) is 25.4 Å². The summed E-state index contributed by atoms with van der Waals surface area (Å²) in [5.41, 5.74) is 0.805. The number of aromatic nitrogens is 2. The Hall–Kier alpha value is -1.86. The van der Waals surface area contributed by atoms with E-state index in [9.17, 15) is 8.42 Å². The smallest absolute Gasteiger partial charge is 0.246 e. The molecule has 0 spiro atoms. The Labute approximate surface area is 112 Å². The molecule has 19 heavy (non-hydrogen) atoms. The summed E-state index contributed by atoms with van der Waals surface area (Å²) in [6, 6.07) is 7.32. The molecule has 0 aliphatic heterocycles. The first-order valence-electron chi connectivity index (χ1n) is 5.62. The lowest BCUT2D eigenvalue weighted by Crippen LogP contribution is -2.26. The van der Waals surface area contributed by atoms with Crippen LogP contribution in [0.2, 0.25) is 0 Å². The van der Waals surface area contributed by atoms with Gasteiger partial charge in [-0.3, -0.25) is 5.10 Å². The van der Waals surface area contributed by atoms with Crippen molar-refractivity contribution in [2.75, 3.05) is 14.2 Å². The summed E-state index contributed by atoms with van der Waals surface area (Å²) in [7, 11) is -0.453. The number of hydrogen-bond donors (Lipinski definition) is 1. The topological polar surface area (TPSA) is 75.3 Å². The fourth-order valence-electron chi connectivity index (χ4n) is 1.72. The minimum absolute atomic E-state index is 0.143. The molecule has 2 rings (SSSR count). The van der Waals surface area contributed by atoms with Crippen LogP contribution in [0.25, 0.3) is 0 Å². The standard InChI is InChI=1S/C12H15N3O3S/c1-15(19(16,17)11-7-13-14-8-11)9-10-5-3-4-6-12(10)18-2/h3-8H,9H2,1-2H3,(H,13,14). The summed E-state index contributed by atoms with van der Waals surface area (Å²) in [6.45, 7) is 0.234. The zero-order valence-electron chi connectivity index (χ0n) is 10.7. The summed E-state index contributed by atoms with van der Waals surface area (Å²) in [5, 5.41) is 6.15. The van der Waals surface area contributed by atoms with E-state index in [2.05, 4.69) is 10.2 Å². The first-order chi connectivity index (χ1) is 9.05. The lowest BCUT2D eigenvalue weighted by Gasteiger charge is -2.17. The predicted molar refractivity (Wildman–Crippen MR) is 70.2 cm³/mol. The maximum Gasteiger partial charge on any atom is 0.246 e. The van der Waals surface area contributed by atoms with Crippen molar-refractivity contribution in [2.24, 2.45) is 0 Å². The molecule has 0 unspecified atom stereocenters. The Morgan fingerprint density at radius 1 is 1.37 bits per heavy atom.